The Labute approximate surface area is 164 Å². The van der Waals surface area contributed by atoms with Gasteiger partial charge in [0.25, 0.3) is 5.91 Å². The minimum atomic E-state index is -0.260. The summed E-state index contributed by atoms with van der Waals surface area (Å²) in [7, 11) is 0. The van der Waals surface area contributed by atoms with Crippen molar-refractivity contribution in [2.24, 2.45) is 0 Å². The largest absolute Gasteiger partial charge is 0.482 e. The van der Waals surface area contributed by atoms with Crippen LogP contribution in [0.15, 0.2) is 42.5 Å². The Morgan fingerprint density at radius 3 is 2.93 bits per heavy atom. The summed E-state index contributed by atoms with van der Waals surface area (Å²) in [6, 6.07) is 13.7. The summed E-state index contributed by atoms with van der Waals surface area (Å²) in [6.45, 7) is 4.58. The van der Waals surface area contributed by atoms with Crippen molar-refractivity contribution in [2.45, 2.75) is 25.9 Å². The first-order chi connectivity index (χ1) is 13.6. The number of fused-ring (bicyclic) bond motifs is 2. The van der Waals surface area contributed by atoms with E-state index < -0.39 is 0 Å². The summed E-state index contributed by atoms with van der Waals surface area (Å²) in [5, 5.41) is 8.48. The quantitative estimate of drug-likeness (QED) is 0.761. The molecule has 146 valence electrons. The van der Waals surface area contributed by atoms with E-state index >= 15 is 0 Å². The van der Waals surface area contributed by atoms with Crippen LogP contribution in [0.5, 0.6) is 5.75 Å². The van der Waals surface area contributed by atoms with Gasteiger partial charge in [0.2, 0.25) is 0 Å². The number of amides is 3. The molecule has 2 aliphatic heterocycles. The third-order valence-corrected chi connectivity index (χ3v) is 5.21. The molecule has 0 aromatic heterocycles. The van der Waals surface area contributed by atoms with Crippen molar-refractivity contribution in [1.29, 1.82) is 0 Å². The van der Waals surface area contributed by atoms with Crippen LogP contribution in [-0.4, -0.2) is 42.6 Å². The van der Waals surface area contributed by atoms with E-state index in [0.717, 1.165) is 19.5 Å². The van der Waals surface area contributed by atoms with Crippen LogP contribution < -0.4 is 20.7 Å². The summed E-state index contributed by atoms with van der Waals surface area (Å²) in [6.07, 6.45) is 1.04. The fraction of sp³-hybridized carbons (Fsp3) is 0.333. The fourth-order valence-electron chi connectivity index (χ4n) is 3.59. The molecule has 1 unspecified atom stereocenters. The molecule has 3 N–H and O–H groups in total. The van der Waals surface area contributed by atoms with Crippen LogP contribution in [0.2, 0.25) is 0 Å². The van der Waals surface area contributed by atoms with Crippen molar-refractivity contribution in [2.75, 3.05) is 30.3 Å². The van der Waals surface area contributed by atoms with Crippen molar-refractivity contribution in [3.63, 3.8) is 0 Å². The number of ether oxygens (including phenoxy) is 1. The minimum Gasteiger partial charge on any atom is -0.482 e. The van der Waals surface area contributed by atoms with E-state index in [1.165, 1.54) is 11.1 Å². The van der Waals surface area contributed by atoms with E-state index in [0.29, 0.717) is 23.7 Å². The lowest BCUT2D eigenvalue weighted by Gasteiger charge is -2.33. The zero-order valence-electron chi connectivity index (χ0n) is 15.8. The van der Waals surface area contributed by atoms with Gasteiger partial charge in [-0.15, -0.1) is 0 Å². The Balaban J connectivity index is 1.28. The number of carbonyl (C=O) groups is 2. The number of carbonyl (C=O) groups excluding carboxylic acids is 2. The number of nitrogens with one attached hydrogen (secondary N) is 3. The molecule has 7 nitrogen and oxygen atoms in total. The van der Waals surface area contributed by atoms with Gasteiger partial charge in [-0.3, -0.25) is 9.69 Å². The van der Waals surface area contributed by atoms with Gasteiger partial charge in [0.1, 0.15) is 5.75 Å². The predicted molar refractivity (Wildman–Crippen MR) is 108 cm³/mol. The van der Waals surface area contributed by atoms with Crippen molar-refractivity contribution >= 4 is 23.3 Å². The smallest absolute Gasteiger partial charge is 0.319 e. The molecule has 0 aliphatic carbocycles. The molecule has 4 rings (SSSR count). The summed E-state index contributed by atoms with van der Waals surface area (Å²) >= 11 is 0. The highest BCUT2D eigenvalue weighted by atomic mass is 16.5. The zero-order chi connectivity index (χ0) is 19.5. The molecule has 0 fully saturated rings. The molecule has 7 heteroatoms. The number of benzene rings is 2. The van der Waals surface area contributed by atoms with E-state index in [2.05, 4.69) is 52.0 Å². The molecule has 1 atom stereocenters. The van der Waals surface area contributed by atoms with Gasteiger partial charge >= 0.3 is 6.03 Å². The average molecular weight is 380 g/mol. The van der Waals surface area contributed by atoms with Gasteiger partial charge in [-0.25, -0.2) is 4.79 Å². The van der Waals surface area contributed by atoms with E-state index in [1.807, 2.05) is 0 Å². The Morgan fingerprint density at radius 1 is 1.25 bits per heavy atom. The molecule has 2 aliphatic rings. The van der Waals surface area contributed by atoms with Crippen LogP contribution in [0.1, 0.15) is 18.1 Å². The Kier molecular flexibility index (Phi) is 5.16. The minimum absolute atomic E-state index is 0.0148. The topological polar surface area (TPSA) is 82.7 Å². The van der Waals surface area contributed by atoms with Crippen LogP contribution in [0.3, 0.4) is 0 Å². The van der Waals surface area contributed by atoms with Crippen LogP contribution in [0.4, 0.5) is 16.2 Å². The monoisotopic (exact) mass is 380 g/mol. The lowest BCUT2D eigenvalue weighted by molar-refractivity contribution is -0.118. The molecular formula is C21H24N4O3. The maximum absolute atomic E-state index is 12.3. The van der Waals surface area contributed by atoms with Gasteiger partial charge in [0, 0.05) is 37.4 Å². The highest BCUT2D eigenvalue weighted by molar-refractivity contribution is 5.96. The second-order valence-corrected chi connectivity index (χ2v) is 7.22. The van der Waals surface area contributed by atoms with E-state index in [-0.39, 0.29) is 24.6 Å². The summed E-state index contributed by atoms with van der Waals surface area (Å²) < 4.78 is 5.37. The van der Waals surface area contributed by atoms with Gasteiger partial charge in [0.15, 0.2) is 6.61 Å². The molecule has 0 saturated heterocycles. The maximum atomic E-state index is 12.3. The Morgan fingerprint density at radius 2 is 2.07 bits per heavy atom. The van der Waals surface area contributed by atoms with Crippen LogP contribution >= 0.6 is 0 Å². The third kappa shape index (κ3) is 4.09. The highest BCUT2D eigenvalue weighted by Crippen LogP contribution is 2.30. The first-order valence-electron chi connectivity index (χ1n) is 9.51. The molecule has 0 saturated carbocycles. The molecular weight excluding hydrogens is 356 g/mol. The van der Waals surface area contributed by atoms with Crippen molar-refractivity contribution in [1.82, 2.24) is 10.2 Å². The van der Waals surface area contributed by atoms with E-state index in [1.54, 1.807) is 18.2 Å². The normalized spacial score (nSPS) is 16.8. The second-order valence-electron chi connectivity index (χ2n) is 7.22. The number of anilines is 2. The number of nitrogens with zero attached hydrogens (tertiary/aromatic N) is 1. The standard InChI is InChI=1S/C21H24N4O3/c1-14(25-9-8-15-4-2-3-5-16(15)12-25)11-22-21(27)23-17-6-7-18-19(10-17)28-13-20(26)24-18/h2-7,10,14H,8-9,11-13H2,1H3,(H,24,26)(H2,22,23,27). The molecule has 2 aromatic rings. The number of hydrogen-bond acceptors (Lipinski definition) is 4. The third-order valence-electron chi connectivity index (χ3n) is 5.21. The predicted octanol–water partition coefficient (Wildman–Crippen LogP) is 2.59. The Hall–Kier alpha value is -3.06. The maximum Gasteiger partial charge on any atom is 0.319 e. The van der Waals surface area contributed by atoms with Crippen LogP contribution in [0, 0.1) is 0 Å². The molecule has 2 aromatic carbocycles. The average Bonchev–Trinajstić information content (AvgIpc) is 2.71. The molecule has 2 heterocycles. The number of rotatable bonds is 4. The summed E-state index contributed by atoms with van der Waals surface area (Å²) in [5.74, 6) is 0.373. The van der Waals surface area contributed by atoms with Gasteiger partial charge in [0.05, 0.1) is 5.69 Å². The van der Waals surface area contributed by atoms with Crippen LogP contribution in [0.25, 0.3) is 0 Å². The Bertz CT molecular complexity index is 899. The van der Waals surface area contributed by atoms with E-state index in [4.69, 9.17) is 4.74 Å². The van der Waals surface area contributed by atoms with Gasteiger partial charge in [-0.2, -0.15) is 0 Å². The van der Waals surface area contributed by atoms with Crippen molar-refractivity contribution < 1.29 is 14.3 Å². The van der Waals surface area contributed by atoms with Gasteiger partial charge in [-0.1, -0.05) is 24.3 Å². The second kappa shape index (κ2) is 7.90. The summed E-state index contributed by atoms with van der Waals surface area (Å²) in [4.78, 5) is 26.0. The van der Waals surface area contributed by atoms with Crippen molar-refractivity contribution in [3.05, 3.63) is 53.6 Å². The molecule has 3 amide bonds. The number of hydrogen-bond donors (Lipinski definition) is 3. The lowest BCUT2D eigenvalue weighted by atomic mass is 9.99. The number of urea groups is 1. The van der Waals surface area contributed by atoms with Gasteiger partial charge < -0.3 is 20.7 Å². The molecule has 0 spiro atoms. The first-order valence-corrected chi connectivity index (χ1v) is 9.51. The van der Waals surface area contributed by atoms with Crippen molar-refractivity contribution in [3.8, 4) is 5.75 Å². The lowest BCUT2D eigenvalue weighted by Crippen LogP contribution is -2.45. The molecule has 0 radical (unpaired) electrons. The summed E-state index contributed by atoms with van der Waals surface area (Å²) in [5.41, 5.74) is 4.02. The highest BCUT2D eigenvalue weighted by Gasteiger charge is 2.21. The first kappa shape index (κ1) is 18.3. The zero-order valence-corrected chi connectivity index (χ0v) is 15.8. The van der Waals surface area contributed by atoms with Gasteiger partial charge in [-0.05, 0) is 36.6 Å². The van der Waals surface area contributed by atoms with E-state index in [9.17, 15) is 9.59 Å². The van der Waals surface area contributed by atoms with Crippen LogP contribution in [-0.2, 0) is 17.8 Å². The molecule has 0 bridgehead atoms. The fourth-order valence-corrected chi connectivity index (χ4v) is 3.59. The SMILES string of the molecule is CC(CNC(=O)Nc1ccc2c(c1)OCC(=O)N2)N1CCc2ccccc2C1. The molecule has 28 heavy (non-hydrogen) atoms.